The van der Waals surface area contributed by atoms with Gasteiger partial charge < -0.3 is 10.0 Å². The molecule has 4 heteroatoms. The minimum Gasteiger partial charge on any atom is -0.389 e. The number of carbonyl (C=O) groups is 1. The lowest BCUT2D eigenvalue weighted by Gasteiger charge is -2.23. The zero-order valence-electron chi connectivity index (χ0n) is 6.39. The van der Waals surface area contributed by atoms with Crippen molar-refractivity contribution in [1.82, 2.24) is 4.90 Å². The van der Waals surface area contributed by atoms with E-state index in [0.717, 1.165) is 0 Å². The summed E-state index contributed by atoms with van der Waals surface area (Å²) in [6.07, 6.45) is 0. The van der Waals surface area contributed by atoms with Crippen LogP contribution in [0.5, 0.6) is 0 Å². The van der Waals surface area contributed by atoms with Gasteiger partial charge in [0, 0.05) is 36.2 Å². The van der Waals surface area contributed by atoms with Crippen LogP contribution in [0.25, 0.3) is 0 Å². The van der Waals surface area contributed by atoms with Gasteiger partial charge in [-0.05, 0) is 13.8 Å². The summed E-state index contributed by atoms with van der Waals surface area (Å²) >= 11 is 1.68. The number of nitrogens with zero attached hydrogens (tertiary/aromatic N) is 1. The van der Waals surface area contributed by atoms with Gasteiger partial charge in [-0.25, -0.2) is 0 Å². The first-order valence-corrected chi connectivity index (χ1v) is 4.04. The summed E-state index contributed by atoms with van der Waals surface area (Å²) < 4.78 is -0.0558. The lowest BCUT2D eigenvalue weighted by Crippen LogP contribution is -2.37. The van der Waals surface area contributed by atoms with Crippen LogP contribution in [0.1, 0.15) is 13.8 Å². The standard InChI is InChI=1S/C6H12INO2/c1-6(2,10)4-8(3)5(7)9/h10H,4H2,1-3H3. The highest BCUT2D eigenvalue weighted by atomic mass is 127. The van der Waals surface area contributed by atoms with Gasteiger partial charge in [0.05, 0.1) is 5.60 Å². The van der Waals surface area contributed by atoms with Gasteiger partial charge >= 0.3 is 0 Å². The molecule has 3 nitrogen and oxygen atoms in total. The third-order valence-electron chi connectivity index (χ3n) is 0.924. The van der Waals surface area contributed by atoms with Gasteiger partial charge in [0.1, 0.15) is 0 Å². The summed E-state index contributed by atoms with van der Waals surface area (Å²) in [6, 6.07) is 0. The van der Waals surface area contributed by atoms with Crippen molar-refractivity contribution < 1.29 is 9.90 Å². The van der Waals surface area contributed by atoms with Crippen LogP contribution >= 0.6 is 22.6 Å². The molecule has 0 bridgehead atoms. The summed E-state index contributed by atoms with van der Waals surface area (Å²) in [5.41, 5.74) is -0.796. The first-order chi connectivity index (χ1) is 4.33. The molecule has 0 radical (unpaired) electrons. The van der Waals surface area contributed by atoms with Gasteiger partial charge in [-0.3, -0.25) is 4.79 Å². The van der Waals surface area contributed by atoms with Crippen molar-refractivity contribution in [2.75, 3.05) is 13.6 Å². The first-order valence-electron chi connectivity index (χ1n) is 2.96. The van der Waals surface area contributed by atoms with Crippen molar-refractivity contribution in [3.05, 3.63) is 0 Å². The van der Waals surface area contributed by atoms with Crippen molar-refractivity contribution in [1.29, 1.82) is 0 Å². The molecule has 0 heterocycles. The van der Waals surface area contributed by atoms with Gasteiger partial charge in [-0.15, -0.1) is 0 Å². The molecule has 0 atom stereocenters. The zero-order chi connectivity index (χ0) is 8.36. The van der Waals surface area contributed by atoms with Crippen LogP contribution in [0.4, 0.5) is 4.79 Å². The fourth-order valence-electron chi connectivity index (χ4n) is 0.643. The average Bonchev–Trinajstić information content (AvgIpc) is 1.60. The Morgan fingerprint density at radius 3 is 2.20 bits per heavy atom. The van der Waals surface area contributed by atoms with Gasteiger partial charge in [-0.2, -0.15) is 0 Å². The Bertz CT molecular complexity index is 130. The lowest BCUT2D eigenvalue weighted by atomic mass is 10.1. The molecule has 0 aliphatic heterocycles. The molecule has 0 fully saturated rings. The molecule has 0 saturated carbocycles. The molecule has 0 aromatic rings. The van der Waals surface area contributed by atoms with E-state index in [2.05, 4.69) is 0 Å². The van der Waals surface area contributed by atoms with E-state index in [9.17, 15) is 9.90 Å². The predicted molar refractivity (Wildman–Crippen MR) is 48.3 cm³/mol. The van der Waals surface area contributed by atoms with Gasteiger partial charge in [0.2, 0.25) is 0 Å². The third kappa shape index (κ3) is 4.99. The number of hydrogen-bond acceptors (Lipinski definition) is 2. The van der Waals surface area contributed by atoms with Crippen molar-refractivity contribution in [3.63, 3.8) is 0 Å². The molecule has 0 unspecified atom stereocenters. The maximum atomic E-state index is 10.6. The molecule has 0 spiro atoms. The molecule has 0 aromatic heterocycles. The van der Waals surface area contributed by atoms with Crippen molar-refractivity contribution in [2.24, 2.45) is 0 Å². The Morgan fingerprint density at radius 1 is 1.70 bits per heavy atom. The highest BCUT2D eigenvalue weighted by molar-refractivity contribution is 14.1. The second-order valence-corrected chi connectivity index (χ2v) is 3.84. The normalized spacial score (nSPS) is 11.3. The van der Waals surface area contributed by atoms with Crippen LogP contribution in [0.15, 0.2) is 0 Å². The smallest absolute Gasteiger partial charge is 0.283 e. The largest absolute Gasteiger partial charge is 0.389 e. The van der Waals surface area contributed by atoms with Crippen molar-refractivity contribution in [3.8, 4) is 0 Å². The number of likely N-dealkylation sites (N-methyl/N-ethyl adjacent to an activating group) is 1. The molecular weight excluding hydrogens is 245 g/mol. The third-order valence-corrected chi connectivity index (χ3v) is 1.75. The van der Waals surface area contributed by atoms with Crippen LogP contribution in [-0.4, -0.2) is 33.1 Å². The molecule has 0 aliphatic carbocycles. The number of amides is 1. The zero-order valence-corrected chi connectivity index (χ0v) is 8.55. The Balaban J connectivity index is 3.80. The SMILES string of the molecule is CN(CC(C)(C)O)C(=O)I. The number of carbonyl (C=O) groups excluding carboxylic acids is 1. The van der Waals surface area contributed by atoms with Crippen LogP contribution in [0.3, 0.4) is 0 Å². The summed E-state index contributed by atoms with van der Waals surface area (Å²) in [5.74, 6) is 0. The highest BCUT2D eigenvalue weighted by Gasteiger charge is 2.17. The first kappa shape index (κ1) is 10.2. The second-order valence-electron chi connectivity index (χ2n) is 2.92. The molecule has 1 N–H and O–H groups in total. The van der Waals surface area contributed by atoms with E-state index in [0.29, 0.717) is 6.54 Å². The quantitative estimate of drug-likeness (QED) is 0.459. The number of rotatable bonds is 2. The lowest BCUT2D eigenvalue weighted by molar-refractivity contribution is 0.0571. The number of hydrogen-bond donors (Lipinski definition) is 1. The van der Waals surface area contributed by atoms with Crippen LogP contribution in [-0.2, 0) is 0 Å². The second kappa shape index (κ2) is 3.52. The Hall–Kier alpha value is 0.160. The van der Waals surface area contributed by atoms with E-state index in [-0.39, 0.29) is 3.91 Å². The van der Waals surface area contributed by atoms with E-state index in [1.807, 2.05) is 0 Å². The fraction of sp³-hybridized carbons (Fsp3) is 0.833. The molecule has 1 amide bonds. The summed E-state index contributed by atoms with van der Waals surface area (Å²) in [6.45, 7) is 3.71. The fourth-order valence-corrected chi connectivity index (χ4v) is 0.813. The van der Waals surface area contributed by atoms with E-state index < -0.39 is 5.60 Å². The van der Waals surface area contributed by atoms with Gasteiger partial charge in [0.15, 0.2) is 0 Å². The predicted octanol–water partition coefficient (Wildman–Crippen LogP) is 1.24. The van der Waals surface area contributed by atoms with E-state index >= 15 is 0 Å². The Morgan fingerprint density at radius 2 is 2.10 bits per heavy atom. The van der Waals surface area contributed by atoms with Crippen molar-refractivity contribution >= 4 is 26.5 Å². The minimum absolute atomic E-state index is 0.0558. The Labute approximate surface area is 74.5 Å². The molecule has 10 heavy (non-hydrogen) atoms. The number of halogens is 1. The van der Waals surface area contributed by atoms with E-state index in [1.165, 1.54) is 4.90 Å². The minimum atomic E-state index is -0.796. The monoisotopic (exact) mass is 257 g/mol. The molecule has 0 aliphatic rings. The maximum absolute atomic E-state index is 10.6. The summed E-state index contributed by atoms with van der Waals surface area (Å²) in [5, 5.41) is 9.24. The van der Waals surface area contributed by atoms with E-state index in [4.69, 9.17) is 0 Å². The highest BCUT2D eigenvalue weighted by Crippen LogP contribution is 2.05. The Kier molecular flexibility index (Phi) is 3.58. The summed E-state index contributed by atoms with van der Waals surface area (Å²) in [7, 11) is 1.66. The van der Waals surface area contributed by atoms with Crippen LogP contribution in [0, 0.1) is 0 Å². The van der Waals surface area contributed by atoms with Crippen LogP contribution < -0.4 is 0 Å². The molecular formula is C6H12INO2. The van der Waals surface area contributed by atoms with Gasteiger partial charge in [0.25, 0.3) is 3.91 Å². The molecule has 0 saturated heterocycles. The molecule has 0 aromatic carbocycles. The number of aliphatic hydroxyl groups is 1. The van der Waals surface area contributed by atoms with Gasteiger partial charge in [-0.1, -0.05) is 0 Å². The van der Waals surface area contributed by atoms with Crippen molar-refractivity contribution in [2.45, 2.75) is 19.4 Å². The maximum Gasteiger partial charge on any atom is 0.283 e. The molecule has 0 rings (SSSR count). The summed E-state index contributed by atoms with van der Waals surface area (Å²) in [4.78, 5) is 12.1. The molecule has 60 valence electrons. The van der Waals surface area contributed by atoms with Crippen LogP contribution in [0.2, 0.25) is 0 Å². The topological polar surface area (TPSA) is 40.5 Å². The van der Waals surface area contributed by atoms with E-state index in [1.54, 1.807) is 43.5 Å². The average molecular weight is 257 g/mol.